The fourth-order valence-corrected chi connectivity index (χ4v) is 2.19. The van der Waals surface area contributed by atoms with Crippen LogP contribution in [0, 0.1) is 6.92 Å². The van der Waals surface area contributed by atoms with E-state index >= 15 is 0 Å². The molecular weight excluding hydrogens is 284 g/mol. The van der Waals surface area contributed by atoms with E-state index in [0.29, 0.717) is 23.7 Å². The summed E-state index contributed by atoms with van der Waals surface area (Å²) in [6.07, 6.45) is 0.870. The topological polar surface area (TPSA) is 55.1 Å². The third-order valence-electron chi connectivity index (χ3n) is 3.34. The van der Waals surface area contributed by atoms with Crippen LogP contribution in [0.2, 0.25) is 5.02 Å². The molecule has 1 amide bonds. The highest BCUT2D eigenvalue weighted by atomic mass is 35.5. The smallest absolute Gasteiger partial charge is 0.251 e. The van der Waals surface area contributed by atoms with Gasteiger partial charge in [0, 0.05) is 17.1 Å². The van der Waals surface area contributed by atoms with Gasteiger partial charge in [-0.2, -0.15) is 0 Å². The van der Waals surface area contributed by atoms with E-state index in [9.17, 15) is 4.79 Å². The molecule has 0 bridgehead atoms. The van der Waals surface area contributed by atoms with Gasteiger partial charge >= 0.3 is 0 Å². The van der Waals surface area contributed by atoms with Gasteiger partial charge in [-0.1, -0.05) is 41.9 Å². The van der Waals surface area contributed by atoms with Crippen LogP contribution in [0.4, 0.5) is 0 Å². The number of aryl methyl sites for hydroxylation is 1. The van der Waals surface area contributed by atoms with E-state index in [1.54, 1.807) is 12.1 Å². The Kier molecular flexibility index (Phi) is 5.37. The minimum Gasteiger partial charge on any atom is -0.348 e. The van der Waals surface area contributed by atoms with Crippen molar-refractivity contribution in [3.05, 3.63) is 69.7 Å². The molecule has 3 nitrogen and oxygen atoms in total. The molecule has 21 heavy (non-hydrogen) atoms. The standard InChI is InChI=1S/C17H19ClN2O/c1-12-2-7-15(10-16(12)18)17(21)20-11-14-5-3-13(4-6-14)8-9-19/h2-7,10H,8-9,11,19H2,1H3,(H,20,21). The van der Waals surface area contributed by atoms with Crippen LogP contribution in [0.5, 0.6) is 0 Å². The summed E-state index contributed by atoms with van der Waals surface area (Å²) in [6.45, 7) is 3.05. The van der Waals surface area contributed by atoms with Gasteiger partial charge in [0.05, 0.1) is 0 Å². The van der Waals surface area contributed by atoms with Crippen molar-refractivity contribution in [3.8, 4) is 0 Å². The first-order chi connectivity index (χ1) is 10.1. The number of hydrogen-bond donors (Lipinski definition) is 2. The quantitative estimate of drug-likeness (QED) is 0.892. The summed E-state index contributed by atoms with van der Waals surface area (Å²) in [4.78, 5) is 12.1. The van der Waals surface area contributed by atoms with Gasteiger partial charge in [0.1, 0.15) is 0 Å². The number of nitrogens with two attached hydrogens (primary N) is 1. The monoisotopic (exact) mass is 302 g/mol. The van der Waals surface area contributed by atoms with Crippen LogP contribution in [0.15, 0.2) is 42.5 Å². The van der Waals surface area contributed by atoms with E-state index in [1.165, 1.54) is 5.56 Å². The van der Waals surface area contributed by atoms with Crippen molar-refractivity contribution in [2.45, 2.75) is 19.9 Å². The fraction of sp³-hybridized carbons (Fsp3) is 0.235. The third-order valence-corrected chi connectivity index (χ3v) is 3.75. The molecule has 0 aliphatic rings. The van der Waals surface area contributed by atoms with Crippen molar-refractivity contribution in [2.75, 3.05) is 6.54 Å². The Morgan fingerprint density at radius 2 is 1.81 bits per heavy atom. The van der Waals surface area contributed by atoms with Gasteiger partial charge in [-0.25, -0.2) is 0 Å². The van der Waals surface area contributed by atoms with Crippen molar-refractivity contribution in [1.29, 1.82) is 0 Å². The van der Waals surface area contributed by atoms with Crippen molar-refractivity contribution >= 4 is 17.5 Å². The van der Waals surface area contributed by atoms with E-state index in [4.69, 9.17) is 17.3 Å². The van der Waals surface area contributed by atoms with Gasteiger partial charge in [-0.3, -0.25) is 4.79 Å². The Balaban J connectivity index is 1.95. The van der Waals surface area contributed by atoms with Gasteiger partial charge in [0.25, 0.3) is 5.91 Å². The molecule has 0 saturated carbocycles. The Labute approximate surface area is 130 Å². The zero-order valence-electron chi connectivity index (χ0n) is 12.0. The van der Waals surface area contributed by atoms with Crippen molar-refractivity contribution in [2.24, 2.45) is 5.73 Å². The Bertz CT molecular complexity index is 623. The summed E-state index contributed by atoms with van der Waals surface area (Å²) in [6, 6.07) is 13.4. The second-order valence-electron chi connectivity index (χ2n) is 5.00. The summed E-state index contributed by atoms with van der Waals surface area (Å²) < 4.78 is 0. The first-order valence-corrected chi connectivity index (χ1v) is 7.30. The molecule has 0 fully saturated rings. The van der Waals surface area contributed by atoms with Gasteiger partial charge < -0.3 is 11.1 Å². The molecule has 0 unspecified atom stereocenters. The number of benzene rings is 2. The van der Waals surface area contributed by atoms with E-state index in [1.807, 2.05) is 37.3 Å². The number of halogens is 1. The van der Waals surface area contributed by atoms with Crippen LogP contribution < -0.4 is 11.1 Å². The number of rotatable bonds is 5. The highest BCUT2D eigenvalue weighted by Gasteiger charge is 2.07. The van der Waals surface area contributed by atoms with Gasteiger partial charge in [0.2, 0.25) is 0 Å². The molecule has 0 radical (unpaired) electrons. The number of carbonyl (C=O) groups excluding carboxylic acids is 1. The molecule has 0 spiro atoms. The van der Waals surface area contributed by atoms with E-state index in [-0.39, 0.29) is 5.91 Å². The molecule has 2 aromatic rings. The van der Waals surface area contributed by atoms with E-state index in [2.05, 4.69) is 5.32 Å². The molecule has 2 aromatic carbocycles. The molecule has 0 aliphatic heterocycles. The maximum atomic E-state index is 12.1. The largest absolute Gasteiger partial charge is 0.348 e. The molecule has 2 rings (SSSR count). The van der Waals surface area contributed by atoms with Crippen LogP contribution in [0.25, 0.3) is 0 Å². The number of amides is 1. The number of hydrogen-bond acceptors (Lipinski definition) is 2. The molecular formula is C17H19ClN2O. The van der Waals surface area contributed by atoms with Gasteiger partial charge in [-0.05, 0) is 48.7 Å². The summed E-state index contributed by atoms with van der Waals surface area (Å²) in [5, 5.41) is 3.50. The summed E-state index contributed by atoms with van der Waals surface area (Å²) in [5.41, 5.74) is 9.32. The highest BCUT2D eigenvalue weighted by Crippen LogP contribution is 2.16. The zero-order valence-corrected chi connectivity index (χ0v) is 12.8. The minimum absolute atomic E-state index is 0.122. The van der Waals surface area contributed by atoms with Crippen molar-refractivity contribution in [3.63, 3.8) is 0 Å². The van der Waals surface area contributed by atoms with Gasteiger partial charge in [0.15, 0.2) is 0 Å². The lowest BCUT2D eigenvalue weighted by Crippen LogP contribution is -2.22. The predicted octanol–water partition coefficient (Wildman–Crippen LogP) is 3.08. The first-order valence-electron chi connectivity index (χ1n) is 6.92. The Morgan fingerprint density at radius 3 is 2.43 bits per heavy atom. The van der Waals surface area contributed by atoms with Crippen LogP contribution in [0.3, 0.4) is 0 Å². The average molecular weight is 303 g/mol. The molecule has 0 saturated heterocycles. The Morgan fingerprint density at radius 1 is 1.14 bits per heavy atom. The maximum Gasteiger partial charge on any atom is 0.251 e. The summed E-state index contributed by atoms with van der Waals surface area (Å²) in [5.74, 6) is -0.122. The van der Waals surface area contributed by atoms with E-state index in [0.717, 1.165) is 17.5 Å². The van der Waals surface area contributed by atoms with Crippen LogP contribution in [-0.2, 0) is 13.0 Å². The molecule has 0 atom stereocenters. The van der Waals surface area contributed by atoms with Crippen LogP contribution in [-0.4, -0.2) is 12.5 Å². The van der Waals surface area contributed by atoms with Crippen molar-refractivity contribution in [1.82, 2.24) is 5.32 Å². The third kappa shape index (κ3) is 4.31. The lowest BCUT2D eigenvalue weighted by molar-refractivity contribution is 0.0951. The lowest BCUT2D eigenvalue weighted by atomic mass is 10.1. The highest BCUT2D eigenvalue weighted by molar-refractivity contribution is 6.31. The van der Waals surface area contributed by atoms with Crippen molar-refractivity contribution < 1.29 is 4.79 Å². The van der Waals surface area contributed by atoms with Crippen LogP contribution in [0.1, 0.15) is 27.0 Å². The summed E-state index contributed by atoms with van der Waals surface area (Å²) >= 11 is 6.03. The molecule has 0 aromatic heterocycles. The summed E-state index contributed by atoms with van der Waals surface area (Å²) in [7, 11) is 0. The first kappa shape index (κ1) is 15.5. The molecule has 0 aliphatic carbocycles. The minimum atomic E-state index is -0.122. The number of nitrogens with one attached hydrogen (secondary N) is 1. The molecule has 4 heteroatoms. The average Bonchev–Trinajstić information content (AvgIpc) is 2.49. The zero-order chi connectivity index (χ0) is 15.2. The SMILES string of the molecule is Cc1ccc(C(=O)NCc2ccc(CCN)cc2)cc1Cl. The maximum absolute atomic E-state index is 12.1. The molecule has 3 N–H and O–H groups in total. The predicted molar refractivity (Wildman–Crippen MR) is 86.6 cm³/mol. The second-order valence-corrected chi connectivity index (χ2v) is 5.41. The molecule has 0 heterocycles. The van der Waals surface area contributed by atoms with Crippen LogP contribution >= 0.6 is 11.6 Å². The second kappa shape index (κ2) is 7.25. The molecule has 110 valence electrons. The fourth-order valence-electron chi connectivity index (χ4n) is 2.01. The van der Waals surface area contributed by atoms with E-state index < -0.39 is 0 Å². The lowest BCUT2D eigenvalue weighted by Gasteiger charge is -2.07. The normalized spacial score (nSPS) is 10.4. The van der Waals surface area contributed by atoms with Gasteiger partial charge in [-0.15, -0.1) is 0 Å². The Hall–Kier alpha value is -1.84. The number of carbonyl (C=O) groups is 1.